The lowest BCUT2D eigenvalue weighted by molar-refractivity contribution is -0.151. The topological polar surface area (TPSA) is 95.9 Å². The Labute approximate surface area is 206 Å². The first-order valence-corrected chi connectivity index (χ1v) is 12.4. The summed E-state index contributed by atoms with van der Waals surface area (Å²) >= 11 is 0. The van der Waals surface area contributed by atoms with Gasteiger partial charge in [0.15, 0.2) is 0 Å². The van der Waals surface area contributed by atoms with Gasteiger partial charge in [-0.2, -0.15) is 0 Å². The average molecular weight is 479 g/mol. The van der Waals surface area contributed by atoms with E-state index in [4.69, 9.17) is 4.74 Å². The Bertz CT molecular complexity index is 1070. The molecule has 2 aromatic rings. The summed E-state index contributed by atoms with van der Waals surface area (Å²) in [5, 5.41) is 12.4. The van der Waals surface area contributed by atoms with E-state index >= 15 is 0 Å². The lowest BCUT2D eigenvalue weighted by Gasteiger charge is -2.42. The molecular weight excluding hydrogens is 444 g/mol. The zero-order valence-electron chi connectivity index (χ0n) is 20.6. The monoisotopic (exact) mass is 478 g/mol. The summed E-state index contributed by atoms with van der Waals surface area (Å²) < 4.78 is 5.69. The van der Waals surface area contributed by atoms with Crippen molar-refractivity contribution in [3.05, 3.63) is 59.7 Å². The summed E-state index contributed by atoms with van der Waals surface area (Å²) in [4.78, 5) is 39.8. The predicted molar refractivity (Wildman–Crippen MR) is 133 cm³/mol. The zero-order chi connectivity index (χ0) is 25.2. The van der Waals surface area contributed by atoms with Crippen LogP contribution < -0.4 is 5.32 Å². The lowest BCUT2D eigenvalue weighted by atomic mass is 9.87. The number of aliphatic carboxylic acids is 1. The highest BCUT2D eigenvalue weighted by atomic mass is 16.5. The number of amides is 2. The van der Waals surface area contributed by atoms with Crippen molar-refractivity contribution < 1.29 is 24.2 Å². The number of hydrogen-bond acceptors (Lipinski definition) is 4. The minimum absolute atomic E-state index is 0.0697. The van der Waals surface area contributed by atoms with E-state index < -0.39 is 29.6 Å². The number of carbonyl (C=O) groups is 3. The standard InChI is InChI=1S/C28H34N2O5/c1-4-15-28(3,26(33)30-16-9-14-19(18(30)2)25(31)32)29-27(34)35-17-24-22-12-7-5-10-20(22)21-11-6-8-13-23(21)24/h5-8,10-13,18-19,24H,4,9,14-17H2,1-3H3,(H,29,34)(H,31,32). The molecule has 0 saturated carbocycles. The summed E-state index contributed by atoms with van der Waals surface area (Å²) in [5.74, 6) is -1.82. The van der Waals surface area contributed by atoms with Crippen molar-refractivity contribution in [1.82, 2.24) is 10.2 Å². The van der Waals surface area contributed by atoms with E-state index in [1.807, 2.05) is 31.2 Å². The van der Waals surface area contributed by atoms with Gasteiger partial charge in [0.1, 0.15) is 12.1 Å². The third kappa shape index (κ3) is 4.77. The molecule has 7 heteroatoms. The van der Waals surface area contributed by atoms with Crippen LogP contribution in [0.1, 0.15) is 63.5 Å². The number of ether oxygens (including phenoxy) is 1. The molecule has 3 unspecified atom stereocenters. The first-order chi connectivity index (χ1) is 16.8. The predicted octanol–water partition coefficient (Wildman–Crippen LogP) is 4.80. The summed E-state index contributed by atoms with van der Waals surface area (Å²) in [6.07, 6.45) is 1.63. The van der Waals surface area contributed by atoms with Gasteiger partial charge in [0.25, 0.3) is 0 Å². The maximum atomic E-state index is 13.6. The quantitative estimate of drug-likeness (QED) is 0.596. The van der Waals surface area contributed by atoms with E-state index in [1.165, 1.54) is 0 Å². The van der Waals surface area contributed by atoms with Gasteiger partial charge >= 0.3 is 12.1 Å². The van der Waals surface area contributed by atoms with E-state index in [-0.39, 0.29) is 18.4 Å². The van der Waals surface area contributed by atoms with Gasteiger partial charge in [-0.3, -0.25) is 9.59 Å². The normalized spacial score (nSPS) is 20.9. The smallest absolute Gasteiger partial charge is 0.408 e. The molecule has 7 nitrogen and oxygen atoms in total. The highest BCUT2D eigenvalue weighted by molar-refractivity contribution is 5.90. The van der Waals surface area contributed by atoms with Gasteiger partial charge in [-0.25, -0.2) is 4.79 Å². The molecule has 0 aromatic heterocycles. The second-order valence-electron chi connectivity index (χ2n) is 9.86. The Morgan fingerprint density at radius 2 is 1.69 bits per heavy atom. The number of fused-ring (bicyclic) bond motifs is 3. The molecule has 0 bridgehead atoms. The number of hydrogen-bond donors (Lipinski definition) is 2. The number of benzene rings is 2. The van der Waals surface area contributed by atoms with Gasteiger partial charge < -0.3 is 20.1 Å². The number of nitrogens with zero attached hydrogens (tertiary/aromatic N) is 1. The molecule has 1 saturated heterocycles. The van der Waals surface area contributed by atoms with E-state index in [2.05, 4.69) is 29.6 Å². The van der Waals surface area contributed by atoms with Crippen molar-refractivity contribution in [2.75, 3.05) is 13.2 Å². The summed E-state index contributed by atoms with van der Waals surface area (Å²) in [5.41, 5.74) is 3.36. The van der Waals surface area contributed by atoms with E-state index in [9.17, 15) is 19.5 Å². The van der Waals surface area contributed by atoms with Crippen LogP contribution in [0.15, 0.2) is 48.5 Å². The molecule has 2 N–H and O–H groups in total. The highest BCUT2D eigenvalue weighted by Gasteiger charge is 2.43. The SMILES string of the molecule is CCCC(C)(NC(=O)OCC1c2ccccc2-c2ccccc21)C(=O)N1CCCC(C(=O)O)C1C. The first kappa shape index (κ1) is 24.8. The minimum Gasteiger partial charge on any atom is -0.481 e. The summed E-state index contributed by atoms with van der Waals surface area (Å²) in [7, 11) is 0. The second-order valence-corrected chi connectivity index (χ2v) is 9.86. The fourth-order valence-electron chi connectivity index (χ4n) is 5.66. The molecule has 1 aliphatic heterocycles. The van der Waals surface area contributed by atoms with Gasteiger partial charge in [-0.1, -0.05) is 61.9 Å². The molecule has 186 valence electrons. The number of alkyl carbamates (subject to hydrolysis) is 1. The molecule has 2 amide bonds. The highest BCUT2D eigenvalue weighted by Crippen LogP contribution is 2.44. The average Bonchev–Trinajstić information content (AvgIpc) is 3.16. The second kappa shape index (κ2) is 10.1. The minimum atomic E-state index is -1.17. The number of piperidine rings is 1. The van der Waals surface area contributed by atoms with Gasteiger partial charge in [-0.05, 0) is 55.4 Å². The molecule has 1 heterocycles. The summed E-state index contributed by atoms with van der Waals surface area (Å²) in [6, 6.07) is 15.8. The van der Waals surface area contributed by atoms with Crippen molar-refractivity contribution in [3.63, 3.8) is 0 Å². The van der Waals surface area contributed by atoms with E-state index in [0.29, 0.717) is 32.2 Å². The van der Waals surface area contributed by atoms with Crippen molar-refractivity contribution in [1.29, 1.82) is 0 Å². The van der Waals surface area contributed by atoms with Crippen LogP contribution in [0.4, 0.5) is 4.79 Å². The Morgan fingerprint density at radius 1 is 1.09 bits per heavy atom. The lowest BCUT2D eigenvalue weighted by Crippen LogP contribution is -2.62. The van der Waals surface area contributed by atoms with Crippen LogP contribution in [0.25, 0.3) is 11.1 Å². The van der Waals surface area contributed by atoms with Crippen LogP contribution in [-0.2, 0) is 14.3 Å². The van der Waals surface area contributed by atoms with Crippen LogP contribution in [0, 0.1) is 5.92 Å². The van der Waals surface area contributed by atoms with Crippen LogP contribution in [-0.4, -0.2) is 52.7 Å². The third-order valence-corrected chi connectivity index (χ3v) is 7.51. The fourth-order valence-corrected chi connectivity index (χ4v) is 5.66. The van der Waals surface area contributed by atoms with Crippen molar-refractivity contribution in [2.24, 2.45) is 5.92 Å². The molecule has 0 spiro atoms. The van der Waals surface area contributed by atoms with Crippen LogP contribution in [0.2, 0.25) is 0 Å². The van der Waals surface area contributed by atoms with Crippen molar-refractivity contribution in [2.45, 2.75) is 64.0 Å². The van der Waals surface area contributed by atoms with Gasteiger partial charge in [0.2, 0.25) is 5.91 Å². The number of carboxylic acid groups (broad SMARTS) is 1. The number of rotatable bonds is 7. The van der Waals surface area contributed by atoms with Crippen LogP contribution >= 0.6 is 0 Å². The Hall–Kier alpha value is -3.35. The van der Waals surface area contributed by atoms with E-state index in [0.717, 1.165) is 22.3 Å². The van der Waals surface area contributed by atoms with Crippen molar-refractivity contribution >= 4 is 18.0 Å². The summed E-state index contributed by atoms with van der Waals surface area (Å²) in [6.45, 7) is 6.07. The Balaban J connectivity index is 1.47. The number of carbonyl (C=O) groups excluding carboxylic acids is 2. The largest absolute Gasteiger partial charge is 0.481 e. The van der Waals surface area contributed by atoms with Crippen LogP contribution in [0.3, 0.4) is 0 Å². The zero-order valence-corrected chi connectivity index (χ0v) is 20.6. The van der Waals surface area contributed by atoms with Gasteiger partial charge in [0.05, 0.1) is 5.92 Å². The van der Waals surface area contributed by atoms with Crippen LogP contribution in [0.5, 0.6) is 0 Å². The number of nitrogens with one attached hydrogen (secondary N) is 1. The number of carboxylic acids is 1. The molecule has 0 radical (unpaired) electrons. The molecule has 1 aliphatic carbocycles. The molecule has 4 rings (SSSR count). The van der Waals surface area contributed by atoms with Gasteiger partial charge in [-0.15, -0.1) is 0 Å². The maximum Gasteiger partial charge on any atom is 0.408 e. The molecule has 2 aromatic carbocycles. The third-order valence-electron chi connectivity index (χ3n) is 7.51. The van der Waals surface area contributed by atoms with E-state index in [1.54, 1.807) is 18.7 Å². The number of likely N-dealkylation sites (tertiary alicyclic amines) is 1. The molecular formula is C28H34N2O5. The first-order valence-electron chi connectivity index (χ1n) is 12.4. The molecule has 2 aliphatic rings. The maximum absolute atomic E-state index is 13.6. The fraction of sp³-hybridized carbons (Fsp3) is 0.464. The molecule has 1 fully saturated rings. The Morgan fingerprint density at radius 3 is 2.26 bits per heavy atom. The molecule has 35 heavy (non-hydrogen) atoms. The Kier molecular flexibility index (Phi) is 7.15. The molecule has 3 atom stereocenters. The van der Waals surface area contributed by atoms with Gasteiger partial charge in [0, 0.05) is 18.5 Å². The van der Waals surface area contributed by atoms with Crippen molar-refractivity contribution in [3.8, 4) is 11.1 Å².